The van der Waals surface area contributed by atoms with Crippen LogP contribution in [0.3, 0.4) is 0 Å². The minimum atomic E-state index is 1.02. The Bertz CT molecular complexity index is 2300. The summed E-state index contributed by atoms with van der Waals surface area (Å²) < 4.78 is 0. The van der Waals surface area contributed by atoms with Gasteiger partial charge in [-0.2, -0.15) is 0 Å². The highest BCUT2D eigenvalue weighted by Gasteiger charge is 2.16. The molecule has 0 aliphatic heterocycles. The average Bonchev–Trinajstić information content (AvgIpc) is 3.04. The van der Waals surface area contributed by atoms with Crippen LogP contribution >= 0.6 is 0 Å². The van der Waals surface area contributed by atoms with Gasteiger partial charge in [0.05, 0.1) is 0 Å². The molecule has 0 aliphatic carbocycles. The average molecular weight is 505 g/mol. The van der Waals surface area contributed by atoms with E-state index in [9.17, 15) is 0 Å². The van der Waals surface area contributed by atoms with Crippen LogP contribution in [-0.2, 0) is 0 Å². The maximum atomic E-state index is 3.43. The van der Waals surface area contributed by atoms with Crippen molar-refractivity contribution in [1.82, 2.24) is 0 Å². The highest BCUT2D eigenvalue weighted by atomic mass is 14.2. The molecule has 0 amide bonds. The molecule has 0 unspecified atom stereocenters. The van der Waals surface area contributed by atoms with Gasteiger partial charge in [-0.25, -0.2) is 0 Å². The lowest BCUT2D eigenvalue weighted by atomic mass is 9.86. The summed E-state index contributed by atoms with van der Waals surface area (Å²) in [6.45, 7) is 0. The van der Waals surface area contributed by atoms with Crippen molar-refractivity contribution in [2.45, 2.75) is 0 Å². The second-order valence-electron chi connectivity index (χ2n) is 10.3. The Morgan fingerprint density at radius 1 is 0.275 bits per heavy atom. The van der Waals surface area contributed by atoms with Gasteiger partial charge in [0.15, 0.2) is 0 Å². The van der Waals surface area contributed by atoms with Crippen LogP contribution in [0.1, 0.15) is 11.1 Å². The summed E-state index contributed by atoms with van der Waals surface area (Å²) >= 11 is 0. The summed E-state index contributed by atoms with van der Waals surface area (Å²) in [6, 6.07) is 52.2. The molecule has 0 bridgehead atoms. The van der Waals surface area contributed by atoms with Crippen molar-refractivity contribution in [3.05, 3.63) is 157 Å². The minimum absolute atomic E-state index is 1.02. The summed E-state index contributed by atoms with van der Waals surface area (Å²) in [4.78, 5) is 0. The maximum absolute atomic E-state index is 3.43. The topological polar surface area (TPSA) is 0 Å². The molecule has 0 atom stereocenters. The summed E-state index contributed by atoms with van der Waals surface area (Å²) in [5.74, 6) is 6.78. The molecule has 0 aliphatic rings. The van der Waals surface area contributed by atoms with Gasteiger partial charge in [0.2, 0.25) is 0 Å². The first kappa shape index (κ1) is 22.6. The Balaban J connectivity index is 1.56. The van der Waals surface area contributed by atoms with E-state index in [4.69, 9.17) is 0 Å². The largest absolute Gasteiger partial charge is 0.0622 e. The highest BCUT2D eigenvalue weighted by molar-refractivity contribution is 6.39. The quantitative estimate of drug-likeness (QED) is 0.154. The number of hydrogen-bond donors (Lipinski definition) is 0. The Hall–Kier alpha value is -5.38. The van der Waals surface area contributed by atoms with Crippen molar-refractivity contribution in [2.24, 2.45) is 0 Å². The Morgan fingerprint density at radius 2 is 0.750 bits per heavy atom. The fourth-order valence-electron chi connectivity index (χ4n) is 6.23. The lowest BCUT2D eigenvalue weighted by molar-refractivity contribution is 1.64. The van der Waals surface area contributed by atoms with Crippen LogP contribution in [-0.4, -0.2) is 0 Å². The van der Waals surface area contributed by atoms with E-state index >= 15 is 0 Å². The van der Waals surface area contributed by atoms with Crippen LogP contribution in [0.2, 0.25) is 0 Å². The van der Waals surface area contributed by atoms with Crippen LogP contribution in [0.25, 0.3) is 65.0 Å². The van der Waals surface area contributed by atoms with Crippen molar-refractivity contribution < 1.29 is 0 Å². The van der Waals surface area contributed by atoms with Crippen LogP contribution in [0.15, 0.2) is 146 Å². The first-order chi connectivity index (χ1) is 19.8. The Labute approximate surface area is 233 Å². The van der Waals surface area contributed by atoms with Gasteiger partial charge in [0, 0.05) is 11.1 Å². The van der Waals surface area contributed by atoms with Gasteiger partial charge in [-0.1, -0.05) is 127 Å². The molecule has 0 radical (unpaired) electrons. The van der Waals surface area contributed by atoms with Crippen molar-refractivity contribution >= 4 is 53.9 Å². The molecular formula is C40H24. The molecule has 184 valence electrons. The van der Waals surface area contributed by atoms with Crippen molar-refractivity contribution in [3.63, 3.8) is 0 Å². The van der Waals surface area contributed by atoms with E-state index in [2.05, 4.69) is 139 Å². The maximum Gasteiger partial charge on any atom is 0.0255 e. The van der Waals surface area contributed by atoms with E-state index in [1.807, 2.05) is 18.2 Å². The molecule has 0 saturated heterocycles. The van der Waals surface area contributed by atoms with Crippen LogP contribution in [0.5, 0.6) is 0 Å². The number of rotatable bonds is 1. The minimum Gasteiger partial charge on any atom is -0.0622 e. The molecule has 0 nitrogen and oxygen atoms in total. The van der Waals surface area contributed by atoms with E-state index < -0.39 is 0 Å². The van der Waals surface area contributed by atoms with E-state index in [1.54, 1.807) is 0 Å². The van der Waals surface area contributed by atoms with Gasteiger partial charge in [-0.15, -0.1) is 0 Å². The van der Waals surface area contributed by atoms with E-state index in [1.165, 1.54) is 65.0 Å². The fraction of sp³-hybridized carbons (Fsp3) is 0. The molecule has 0 spiro atoms. The van der Waals surface area contributed by atoms with Gasteiger partial charge >= 0.3 is 0 Å². The zero-order valence-electron chi connectivity index (χ0n) is 21.9. The number of fused-ring (bicyclic) bond motifs is 11. The van der Waals surface area contributed by atoms with Gasteiger partial charge in [0.1, 0.15) is 0 Å². The lowest BCUT2D eigenvalue weighted by Crippen LogP contribution is -1.90. The highest BCUT2D eigenvalue weighted by Crippen LogP contribution is 2.44. The predicted octanol–water partition coefficient (Wildman–Crippen LogP) is 10.5. The van der Waals surface area contributed by atoms with Gasteiger partial charge in [-0.3, -0.25) is 0 Å². The molecule has 8 aromatic rings. The van der Waals surface area contributed by atoms with Crippen molar-refractivity contribution in [3.8, 4) is 23.0 Å². The summed E-state index contributed by atoms with van der Waals surface area (Å²) in [7, 11) is 0. The van der Waals surface area contributed by atoms with Crippen LogP contribution in [0.4, 0.5) is 0 Å². The molecule has 8 aromatic carbocycles. The third-order valence-corrected chi connectivity index (χ3v) is 8.03. The van der Waals surface area contributed by atoms with E-state index in [0.29, 0.717) is 0 Å². The summed E-state index contributed by atoms with van der Waals surface area (Å²) in [6.07, 6.45) is 0. The molecule has 0 fully saturated rings. The third kappa shape index (κ3) is 3.57. The first-order valence-electron chi connectivity index (χ1n) is 13.7. The SMILES string of the molecule is C(#Cc1ccc2c3ccc(-c4ccccc4)cc3c3c4ccccc4c4ccccc4c3c2c1)c1ccccc1. The van der Waals surface area contributed by atoms with Crippen LogP contribution in [0, 0.1) is 11.8 Å². The predicted molar refractivity (Wildman–Crippen MR) is 172 cm³/mol. The van der Waals surface area contributed by atoms with Gasteiger partial charge in [-0.05, 0) is 95.3 Å². The monoisotopic (exact) mass is 504 g/mol. The third-order valence-electron chi connectivity index (χ3n) is 8.03. The van der Waals surface area contributed by atoms with Crippen LogP contribution < -0.4 is 0 Å². The Morgan fingerprint density at radius 3 is 1.40 bits per heavy atom. The normalized spacial score (nSPS) is 11.3. The zero-order chi connectivity index (χ0) is 26.5. The fourth-order valence-corrected chi connectivity index (χ4v) is 6.23. The molecule has 0 saturated carbocycles. The number of hydrogen-bond acceptors (Lipinski definition) is 0. The standard InChI is InChI=1S/C40H24/c1-3-11-27(12-4-1)19-20-28-21-23-33-34-24-22-30(29-13-5-2-6-14-29)26-38(34)40-36-18-10-8-16-32(36)31-15-7-9-17-35(31)39(40)37(33)25-28/h1-18,21-26H. The van der Waals surface area contributed by atoms with Crippen molar-refractivity contribution in [1.29, 1.82) is 0 Å². The first-order valence-corrected chi connectivity index (χ1v) is 13.7. The molecule has 40 heavy (non-hydrogen) atoms. The molecule has 0 N–H and O–H groups in total. The second-order valence-corrected chi connectivity index (χ2v) is 10.3. The van der Waals surface area contributed by atoms with Crippen molar-refractivity contribution in [2.75, 3.05) is 0 Å². The van der Waals surface area contributed by atoms with E-state index in [-0.39, 0.29) is 0 Å². The molecule has 0 heterocycles. The zero-order valence-corrected chi connectivity index (χ0v) is 21.9. The van der Waals surface area contributed by atoms with Gasteiger partial charge in [0.25, 0.3) is 0 Å². The summed E-state index contributed by atoms with van der Waals surface area (Å²) in [5, 5.41) is 12.8. The van der Waals surface area contributed by atoms with Gasteiger partial charge < -0.3 is 0 Å². The second kappa shape index (κ2) is 9.12. The Kier molecular flexibility index (Phi) is 5.15. The molecule has 8 rings (SSSR count). The summed E-state index contributed by atoms with van der Waals surface area (Å²) in [5.41, 5.74) is 4.51. The smallest absolute Gasteiger partial charge is 0.0255 e. The lowest BCUT2D eigenvalue weighted by Gasteiger charge is -2.17. The molecule has 0 aromatic heterocycles. The number of benzene rings is 8. The molecule has 0 heteroatoms. The molecular weight excluding hydrogens is 480 g/mol. The van der Waals surface area contributed by atoms with E-state index in [0.717, 1.165) is 11.1 Å².